The van der Waals surface area contributed by atoms with Crippen LogP contribution in [0.3, 0.4) is 0 Å². The van der Waals surface area contributed by atoms with E-state index in [4.69, 9.17) is 16.1 Å². The SMILES string of the molecule is Cc1noc2ncnc(NC3CC(=O)N(c4ccccc4Cl)C3)c12. The lowest BCUT2D eigenvalue weighted by atomic mass is 10.2. The molecule has 1 saturated heterocycles. The number of anilines is 2. The lowest BCUT2D eigenvalue weighted by Crippen LogP contribution is -2.28. The van der Waals surface area contributed by atoms with Gasteiger partial charge >= 0.3 is 0 Å². The molecule has 3 heterocycles. The second-order valence-electron chi connectivity index (χ2n) is 5.67. The zero-order valence-electron chi connectivity index (χ0n) is 12.9. The number of halogens is 1. The number of rotatable bonds is 3. The molecular formula is C16H14ClN5O2. The zero-order chi connectivity index (χ0) is 16.7. The van der Waals surface area contributed by atoms with Crippen molar-refractivity contribution in [3.05, 3.63) is 41.3 Å². The van der Waals surface area contributed by atoms with E-state index in [0.29, 0.717) is 35.2 Å². The summed E-state index contributed by atoms with van der Waals surface area (Å²) in [5.74, 6) is 0.644. The van der Waals surface area contributed by atoms with E-state index in [1.807, 2.05) is 25.1 Å². The molecule has 0 spiro atoms. The number of amides is 1. The maximum absolute atomic E-state index is 12.4. The van der Waals surface area contributed by atoms with Gasteiger partial charge in [0.2, 0.25) is 5.91 Å². The van der Waals surface area contributed by atoms with Crippen LogP contribution in [0.25, 0.3) is 11.1 Å². The average molecular weight is 344 g/mol. The summed E-state index contributed by atoms with van der Waals surface area (Å²) in [6.07, 6.45) is 1.78. The number of aromatic nitrogens is 3. The van der Waals surface area contributed by atoms with Crippen molar-refractivity contribution in [2.24, 2.45) is 0 Å². The van der Waals surface area contributed by atoms with Gasteiger partial charge in [-0.1, -0.05) is 28.9 Å². The van der Waals surface area contributed by atoms with Crippen molar-refractivity contribution in [3.8, 4) is 0 Å². The monoisotopic (exact) mass is 343 g/mol. The van der Waals surface area contributed by atoms with Gasteiger partial charge in [0.05, 0.1) is 22.4 Å². The number of aryl methyl sites for hydroxylation is 1. The van der Waals surface area contributed by atoms with Crippen molar-refractivity contribution in [3.63, 3.8) is 0 Å². The molecule has 2 aromatic heterocycles. The molecule has 1 N–H and O–H groups in total. The van der Waals surface area contributed by atoms with Crippen molar-refractivity contribution < 1.29 is 9.32 Å². The summed E-state index contributed by atoms with van der Waals surface area (Å²) in [6, 6.07) is 7.24. The fourth-order valence-electron chi connectivity index (χ4n) is 2.93. The van der Waals surface area contributed by atoms with Crippen LogP contribution in [-0.2, 0) is 4.79 Å². The Bertz CT molecular complexity index is 926. The van der Waals surface area contributed by atoms with Crippen LogP contribution < -0.4 is 10.2 Å². The van der Waals surface area contributed by atoms with Gasteiger partial charge in [0, 0.05) is 13.0 Å². The maximum Gasteiger partial charge on any atom is 0.263 e. The van der Waals surface area contributed by atoms with Gasteiger partial charge in [0.25, 0.3) is 5.71 Å². The quantitative estimate of drug-likeness (QED) is 0.787. The minimum Gasteiger partial charge on any atom is -0.364 e. The average Bonchev–Trinajstić information content (AvgIpc) is 3.12. The van der Waals surface area contributed by atoms with Crippen molar-refractivity contribution in [2.75, 3.05) is 16.8 Å². The summed E-state index contributed by atoms with van der Waals surface area (Å²) in [5, 5.41) is 8.51. The van der Waals surface area contributed by atoms with Crippen LogP contribution in [0.1, 0.15) is 12.1 Å². The predicted octanol–water partition coefficient (Wildman–Crippen LogP) is 2.80. The Morgan fingerprint density at radius 2 is 2.17 bits per heavy atom. The van der Waals surface area contributed by atoms with E-state index in [1.54, 1.807) is 11.0 Å². The van der Waals surface area contributed by atoms with Crippen LogP contribution >= 0.6 is 11.6 Å². The molecule has 24 heavy (non-hydrogen) atoms. The molecule has 0 radical (unpaired) electrons. The van der Waals surface area contributed by atoms with Crippen LogP contribution in [0.2, 0.25) is 5.02 Å². The molecule has 1 aliphatic heterocycles. The minimum absolute atomic E-state index is 0.0212. The first-order chi connectivity index (χ1) is 11.6. The maximum atomic E-state index is 12.4. The van der Waals surface area contributed by atoms with Gasteiger partial charge in [-0.2, -0.15) is 4.98 Å². The standard InChI is InChI=1S/C16H14ClN5O2/c1-9-14-15(18-8-19-16(14)24-21-9)20-10-6-13(23)22(7-10)12-5-3-2-4-11(12)17/h2-5,8,10H,6-7H2,1H3,(H,18,19,20). The number of carbonyl (C=O) groups is 1. The van der Waals surface area contributed by atoms with Gasteiger partial charge in [-0.25, -0.2) is 4.98 Å². The molecule has 122 valence electrons. The molecule has 0 aliphatic carbocycles. The Kier molecular flexibility index (Phi) is 3.57. The summed E-state index contributed by atoms with van der Waals surface area (Å²) >= 11 is 6.21. The summed E-state index contributed by atoms with van der Waals surface area (Å²) in [6.45, 7) is 2.34. The number of nitrogens with zero attached hydrogens (tertiary/aromatic N) is 4. The van der Waals surface area contributed by atoms with E-state index in [1.165, 1.54) is 6.33 Å². The fraction of sp³-hybridized carbons (Fsp3) is 0.250. The molecular weight excluding hydrogens is 330 g/mol. The third kappa shape index (κ3) is 2.46. The number of hydrogen-bond acceptors (Lipinski definition) is 6. The number of nitrogens with one attached hydrogen (secondary N) is 1. The summed E-state index contributed by atoms with van der Waals surface area (Å²) in [4.78, 5) is 22.4. The van der Waals surface area contributed by atoms with Crippen molar-refractivity contribution in [2.45, 2.75) is 19.4 Å². The molecule has 3 aromatic rings. The lowest BCUT2D eigenvalue weighted by Gasteiger charge is -2.18. The molecule has 1 unspecified atom stereocenters. The highest BCUT2D eigenvalue weighted by Crippen LogP contribution is 2.30. The van der Waals surface area contributed by atoms with Gasteiger partial charge in [-0.15, -0.1) is 0 Å². The third-order valence-corrected chi connectivity index (χ3v) is 4.37. The molecule has 1 amide bonds. The van der Waals surface area contributed by atoms with E-state index in [2.05, 4.69) is 20.4 Å². The Labute approximate surface area is 142 Å². The van der Waals surface area contributed by atoms with Gasteiger partial charge < -0.3 is 14.7 Å². The van der Waals surface area contributed by atoms with Gasteiger partial charge in [0.1, 0.15) is 17.5 Å². The number of hydrogen-bond donors (Lipinski definition) is 1. The number of para-hydroxylation sites is 1. The van der Waals surface area contributed by atoms with E-state index < -0.39 is 0 Å². The minimum atomic E-state index is -0.0822. The first kappa shape index (κ1) is 14.9. The molecule has 7 nitrogen and oxygen atoms in total. The van der Waals surface area contributed by atoms with E-state index in [0.717, 1.165) is 11.1 Å². The van der Waals surface area contributed by atoms with Crippen molar-refractivity contribution in [1.82, 2.24) is 15.1 Å². The smallest absolute Gasteiger partial charge is 0.263 e. The van der Waals surface area contributed by atoms with E-state index in [-0.39, 0.29) is 11.9 Å². The Morgan fingerprint density at radius 3 is 3.00 bits per heavy atom. The van der Waals surface area contributed by atoms with Gasteiger partial charge in [-0.3, -0.25) is 4.79 Å². The topological polar surface area (TPSA) is 84.1 Å². The largest absolute Gasteiger partial charge is 0.364 e. The molecule has 1 aromatic carbocycles. The van der Waals surface area contributed by atoms with Crippen LogP contribution in [0.4, 0.5) is 11.5 Å². The van der Waals surface area contributed by atoms with Crippen LogP contribution in [0, 0.1) is 6.92 Å². The van der Waals surface area contributed by atoms with E-state index in [9.17, 15) is 4.79 Å². The Balaban J connectivity index is 1.59. The molecule has 1 fully saturated rings. The van der Waals surface area contributed by atoms with Gasteiger partial charge in [-0.05, 0) is 19.1 Å². The fourth-order valence-corrected chi connectivity index (χ4v) is 3.17. The summed E-state index contributed by atoms with van der Waals surface area (Å²) < 4.78 is 5.15. The Morgan fingerprint density at radius 1 is 1.33 bits per heavy atom. The molecule has 0 saturated carbocycles. The van der Waals surface area contributed by atoms with Gasteiger partial charge in [0.15, 0.2) is 0 Å². The molecule has 1 aliphatic rings. The third-order valence-electron chi connectivity index (χ3n) is 4.05. The lowest BCUT2D eigenvalue weighted by molar-refractivity contribution is -0.117. The first-order valence-electron chi connectivity index (χ1n) is 7.52. The molecule has 1 atom stereocenters. The van der Waals surface area contributed by atoms with E-state index >= 15 is 0 Å². The second-order valence-corrected chi connectivity index (χ2v) is 6.08. The van der Waals surface area contributed by atoms with Crippen molar-refractivity contribution in [1.29, 1.82) is 0 Å². The van der Waals surface area contributed by atoms with Crippen LogP contribution in [-0.4, -0.2) is 33.6 Å². The van der Waals surface area contributed by atoms with Crippen LogP contribution in [0.5, 0.6) is 0 Å². The Hall–Kier alpha value is -2.67. The number of fused-ring (bicyclic) bond motifs is 1. The summed E-state index contributed by atoms with van der Waals surface area (Å²) in [7, 11) is 0. The summed E-state index contributed by atoms with van der Waals surface area (Å²) in [5.41, 5.74) is 1.86. The zero-order valence-corrected chi connectivity index (χ0v) is 13.6. The molecule has 8 heteroatoms. The number of carbonyl (C=O) groups excluding carboxylic acids is 1. The highest BCUT2D eigenvalue weighted by molar-refractivity contribution is 6.33. The molecule has 0 bridgehead atoms. The highest BCUT2D eigenvalue weighted by Gasteiger charge is 2.32. The first-order valence-corrected chi connectivity index (χ1v) is 7.89. The number of benzene rings is 1. The molecule has 4 rings (SSSR count). The normalized spacial score (nSPS) is 17.7. The highest BCUT2D eigenvalue weighted by atomic mass is 35.5. The van der Waals surface area contributed by atoms with Crippen LogP contribution in [0.15, 0.2) is 35.1 Å². The second kappa shape index (κ2) is 5.76. The predicted molar refractivity (Wildman–Crippen MR) is 90.2 cm³/mol. The van der Waals surface area contributed by atoms with Crippen molar-refractivity contribution >= 4 is 40.1 Å².